The topological polar surface area (TPSA) is 46.5 Å². The van der Waals surface area contributed by atoms with Crippen LogP contribution in [0.2, 0.25) is 0 Å². The molecule has 0 fully saturated rings. The number of aromatic carboxylic acids is 1. The molecular formula is C10H10O3. The van der Waals surface area contributed by atoms with Crippen molar-refractivity contribution in [3.05, 3.63) is 29.3 Å². The van der Waals surface area contributed by atoms with Crippen LogP contribution in [0, 0.1) is 0 Å². The minimum absolute atomic E-state index is 0.0931. The molecule has 1 heterocycles. The summed E-state index contributed by atoms with van der Waals surface area (Å²) < 4.78 is 5.43. The molecule has 1 atom stereocenters. The minimum atomic E-state index is -0.880. The highest BCUT2D eigenvalue weighted by Gasteiger charge is 2.23. The molecule has 1 aliphatic heterocycles. The lowest BCUT2D eigenvalue weighted by molar-refractivity contribution is 0.0696. The van der Waals surface area contributed by atoms with E-state index in [1.54, 1.807) is 12.1 Å². The molecule has 2 rings (SSSR count). The van der Waals surface area contributed by atoms with Crippen molar-refractivity contribution in [2.45, 2.75) is 19.4 Å². The highest BCUT2D eigenvalue weighted by atomic mass is 16.5. The fourth-order valence-electron chi connectivity index (χ4n) is 1.63. The zero-order valence-corrected chi connectivity index (χ0v) is 7.28. The van der Waals surface area contributed by atoms with Gasteiger partial charge >= 0.3 is 5.97 Å². The van der Waals surface area contributed by atoms with E-state index in [0.29, 0.717) is 17.7 Å². The molecule has 0 saturated carbocycles. The Labute approximate surface area is 76.0 Å². The summed E-state index contributed by atoms with van der Waals surface area (Å²) in [5, 5.41) is 8.88. The average Bonchev–Trinajstić information content (AvgIpc) is 2.43. The summed E-state index contributed by atoms with van der Waals surface area (Å²) in [5.74, 6) is -0.165. The van der Waals surface area contributed by atoms with E-state index < -0.39 is 5.97 Å². The lowest BCUT2D eigenvalue weighted by Crippen LogP contribution is -2.06. The van der Waals surface area contributed by atoms with Gasteiger partial charge in [0.2, 0.25) is 0 Å². The van der Waals surface area contributed by atoms with Gasteiger partial charge in [-0.25, -0.2) is 4.79 Å². The molecule has 3 heteroatoms. The molecule has 68 valence electrons. The maximum absolute atomic E-state index is 10.8. The molecule has 0 unspecified atom stereocenters. The van der Waals surface area contributed by atoms with E-state index in [4.69, 9.17) is 9.84 Å². The Hall–Kier alpha value is -1.51. The first kappa shape index (κ1) is 8.10. The molecule has 0 saturated heterocycles. The van der Waals surface area contributed by atoms with Gasteiger partial charge in [-0.1, -0.05) is 6.07 Å². The number of carboxylic acids is 1. The second-order valence-electron chi connectivity index (χ2n) is 3.22. The first-order valence-electron chi connectivity index (χ1n) is 4.20. The minimum Gasteiger partial charge on any atom is -0.490 e. The molecule has 3 nitrogen and oxygen atoms in total. The first-order valence-corrected chi connectivity index (χ1v) is 4.20. The van der Waals surface area contributed by atoms with Crippen LogP contribution in [-0.4, -0.2) is 17.2 Å². The number of ether oxygens (including phenoxy) is 1. The number of hydrogen-bond acceptors (Lipinski definition) is 2. The fraction of sp³-hybridized carbons (Fsp3) is 0.300. The average molecular weight is 178 g/mol. The largest absolute Gasteiger partial charge is 0.490 e. The summed E-state index contributed by atoms with van der Waals surface area (Å²) in [5.41, 5.74) is 1.18. The summed E-state index contributed by atoms with van der Waals surface area (Å²) in [7, 11) is 0. The van der Waals surface area contributed by atoms with E-state index in [2.05, 4.69) is 0 Å². The van der Waals surface area contributed by atoms with Gasteiger partial charge in [-0.15, -0.1) is 0 Å². The van der Waals surface area contributed by atoms with E-state index in [1.165, 1.54) is 0 Å². The van der Waals surface area contributed by atoms with Crippen molar-refractivity contribution in [1.82, 2.24) is 0 Å². The Morgan fingerprint density at radius 1 is 1.62 bits per heavy atom. The molecule has 13 heavy (non-hydrogen) atoms. The van der Waals surface area contributed by atoms with E-state index in [0.717, 1.165) is 5.56 Å². The van der Waals surface area contributed by atoms with Crippen LogP contribution < -0.4 is 4.74 Å². The van der Waals surface area contributed by atoms with Gasteiger partial charge < -0.3 is 9.84 Å². The molecular weight excluding hydrogens is 168 g/mol. The van der Waals surface area contributed by atoms with Crippen molar-refractivity contribution in [2.24, 2.45) is 0 Å². The third kappa shape index (κ3) is 1.26. The van der Waals surface area contributed by atoms with E-state index in [-0.39, 0.29) is 6.10 Å². The summed E-state index contributed by atoms with van der Waals surface area (Å²) in [6, 6.07) is 5.13. The van der Waals surface area contributed by atoms with Gasteiger partial charge in [0, 0.05) is 12.0 Å². The molecule has 1 N–H and O–H groups in total. The van der Waals surface area contributed by atoms with Crippen molar-refractivity contribution in [2.75, 3.05) is 0 Å². The van der Waals surface area contributed by atoms with Gasteiger partial charge in [-0.3, -0.25) is 0 Å². The van der Waals surface area contributed by atoms with Crippen molar-refractivity contribution in [3.8, 4) is 5.75 Å². The number of fused-ring (bicyclic) bond motifs is 1. The lowest BCUT2D eigenvalue weighted by Gasteiger charge is -2.01. The fourth-order valence-corrected chi connectivity index (χ4v) is 1.63. The van der Waals surface area contributed by atoms with Crippen LogP contribution in [-0.2, 0) is 6.42 Å². The summed E-state index contributed by atoms with van der Waals surface area (Å²) in [4.78, 5) is 10.8. The van der Waals surface area contributed by atoms with E-state index in [1.807, 2.05) is 13.0 Å². The smallest absolute Gasteiger partial charge is 0.336 e. The van der Waals surface area contributed by atoms with Gasteiger partial charge in [0.05, 0.1) is 5.56 Å². The molecule has 1 aromatic rings. The summed E-state index contributed by atoms with van der Waals surface area (Å²) in [6.45, 7) is 1.94. The Balaban J connectivity index is 2.51. The highest BCUT2D eigenvalue weighted by molar-refractivity contribution is 5.90. The van der Waals surface area contributed by atoms with Crippen LogP contribution in [0.1, 0.15) is 22.8 Å². The van der Waals surface area contributed by atoms with Crippen LogP contribution in [0.25, 0.3) is 0 Å². The van der Waals surface area contributed by atoms with Crippen LogP contribution in [0.5, 0.6) is 5.75 Å². The van der Waals surface area contributed by atoms with Gasteiger partial charge in [0.15, 0.2) is 0 Å². The van der Waals surface area contributed by atoms with Gasteiger partial charge in [0.1, 0.15) is 11.9 Å². The maximum atomic E-state index is 10.8. The second-order valence-corrected chi connectivity index (χ2v) is 3.22. The Morgan fingerprint density at radius 3 is 3.08 bits per heavy atom. The van der Waals surface area contributed by atoms with Crippen molar-refractivity contribution in [1.29, 1.82) is 0 Å². The first-order chi connectivity index (χ1) is 6.18. The van der Waals surface area contributed by atoms with Gasteiger partial charge in [-0.2, -0.15) is 0 Å². The third-order valence-corrected chi connectivity index (χ3v) is 2.18. The normalized spacial score (nSPS) is 19.3. The monoisotopic (exact) mass is 178 g/mol. The maximum Gasteiger partial charge on any atom is 0.336 e. The van der Waals surface area contributed by atoms with E-state index >= 15 is 0 Å². The van der Waals surface area contributed by atoms with Gasteiger partial charge in [0.25, 0.3) is 0 Å². The molecule has 0 amide bonds. The van der Waals surface area contributed by atoms with Crippen molar-refractivity contribution in [3.63, 3.8) is 0 Å². The second kappa shape index (κ2) is 2.76. The predicted octanol–water partition coefficient (Wildman–Crippen LogP) is 1.71. The molecule has 0 bridgehead atoms. The number of hydrogen-bond donors (Lipinski definition) is 1. The quantitative estimate of drug-likeness (QED) is 0.712. The Kier molecular flexibility index (Phi) is 1.72. The zero-order chi connectivity index (χ0) is 9.42. The number of carbonyl (C=O) groups is 1. The van der Waals surface area contributed by atoms with Crippen LogP contribution in [0.3, 0.4) is 0 Å². The van der Waals surface area contributed by atoms with Crippen molar-refractivity contribution < 1.29 is 14.6 Å². The Morgan fingerprint density at radius 2 is 2.38 bits per heavy atom. The van der Waals surface area contributed by atoms with Crippen LogP contribution in [0.15, 0.2) is 18.2 Å². The number of carboxylic acid groups (broad SMARTS) is 1. The van der Waals surface area contributed by atoms with Crippen LogP contribution in [0.4, 0.5) is 0 Å². The molecule has 0 spiro atoms. The third-order valence-electron chi connectivity index (χ3n) is 2.18. The van der Waals surface area contributed by atoms with Gasteiger partial charge in [-0.05, 0) is 19.1 Å². The summed E-state index contributed by atoms with van der Waals surface area (Å²) >= 11 is 0. The lowest BCUT2D eigenvalue weighted by atomic mass is 10.0. The van der Waals surface area contributed by atoms with E-state index in [9.17, 15) is 4.79 Å². The zero-order valence-electron chi connectivity index (χ0n) is 7.28. The molecule has 0 aliphatic carbocycles. The number of benzene rings is 1. The molecule has 0 aromatic heterocycles. The highest BCUT2D eigenvalue weighted by Crippen LogP contribution is 2.31. The molecule has 1 aliphatic rings. The number of rotatable bonds is 1. The summed E-state index contributed by atoms with van der Waals surface area (Å²) in [6.07, 6.45) is 0.785. The van der Waals surface area contributed by atoms with Crippen LogP contribution >= 0.6 is 0 Å². The Bertz CT molecular complexity index is 357. The SMILES string of the molecule is C[C@H]1Cc2c(cccc2C(=O)O)O1. The predicted molar refractivity (Wildman–Crippen MR) is 47.2 cm³/mol. The standard InChI is InChI=1S/C10H10O3/c1-6-5-8-7(10(11)12)3-2-4-9(8)13-6/h2-4,6H,5H2,1H3,(H,11,12)/t6-/m0/s1. The molecule has 0 radical (unpaired) electrons. The van der Waals surface area contributed by atoms with Crippen molar-refractivity contribution >= 4 is 5.97 Å². The molecule has 1 aromatic carbocycles.